The monoisotopic (exact) mass is 278 g/mol. The maximum atomic E-state index is 11.9. The Hall–Kier alpha value is -0.820. The fraction of sp³-hybridized carbons (Fsp3) is 0.400. The largest absolute Gasteiger partial charge is 0.397 e. The molecule has 1 aromatic rings. The molecule has 0 aromatic heterocycles. The second-order valence-corrected chi connectivity index (χ2v) is 5.98. The highest BCUT2D eigenvalue weighted by Crippen LogP contribution is 2.25. The van der Waals surface area contributed by atoms with E-state index in [1.54, 1.807) is 6.92 Å². The molecule has 0 heterocycles. The Bertz CT molecular complexity index is 515. The van der Waals surface area contributed by atoms with E-state index in [1.165, 1.54) is 19.1 Å². The molecule has 4 N–H and O–H groups in total. The van der Waals surface area contributed by atoms with Crippen LogP contribution in [0.2, 0.25) is 5.02 Å². The van der Waals surface area contributed by atoms with Crippen LogP contribution in [0.3, 0.4) is 0 Å². The maximum absolute atomic E-state index is 11.9. The average molecular weight is 279 g/mol. The van der Waals surface area contributed by atoms with Gasteiger partial charge in [0.1, 0.15) is 0 Å². The fourth-order valence-corrected chi connectivity index (χ4v) is 2.87. The van der Waals surface area contributed by atoms with Crippen molar-refractivity contribution in [1.82, 2.24) is 4.72 Å². The van der Waals surface area contributed by atoms with Crippen LogP contribution in [0, 0.1) is 6.92 Å². The Morgan fingerprint density at radius 1 is 1.53 bits per heavy atom. The summed E-state index contributed by atoms with van der Waals surface area (Å²) in [6.45, 7) is 3.07. The Morgan fingerprint density at radius 3 is 2.65 bits per heavy atom. The number of nitrogens with two attached hydrogens (primary N) is 1. The van der Waals surface area contributed by atoms with Gasteiger partial charge in [0, 0.05) is 6.54 Å². The van der Waals surface area contributed by atoms with Crippen molar-refractivity contribution in [3.8, 4) is 0 Å². The summed E-state index contributed by atoms with van der Waals surface area (Å²) in [6, 6.07) is 2.80. The van der Waals surface area contributed by atoms with Crippen LogP contribution < -0.4 is 10.5 Å². The number of sulfonamides is 1. The molecular formula is C10H15ClN2O3S. The SMILES string of the molecule is Cc1cc(Cl)c(N)cc1S(=O)(=O)NC[C@H](C)O. The smallest absolute Gasteiger partial charge is 0.240 e. The first-order valence-electron chi connectivity index (χ1n) is 4.97. The number of benzene rings is 1. The summed E-state index contributed by atoms with van der Waals surface area (Å²) >= 11 is 5.78. The molecule has 7 heteroatoms. The molecule has 0 aliphatic carbocycles. The van der Waals surface area contributed by atoms with Gasteiger partial charge in [-0.05, 0) is 31.5 Å². The van der Waals surface area contributed by atoms with Crippen LogP contribution in [0.4, 0.5) is 5.69 Å². The highest BCUT2D eigenvalue weighted by Gasteiger charge is 2.18. The Balaban J connectivity index is 3.11. The van der Waals surface area contributed by atoms with Gasteiger partial charge in [-0.1, -0.05) is 11.6 Å². The summed E-state index contributed by atoms with van der Waals surface area (Å²) < 4.78 is 26.1. The summed E-state index contributed by atoms with van der Waals surface area (Å²) in [5.41, 5.74) is 6.27. The number of aliphatic hydroxyl groups is 1. The summed E-state index contributed by atoms with van der Waals surface area (Å²) in [5.74, 6) is 0. The Kier molecular flexibility index (Phi) is 4.37. The molecule has 0 amide bonds. The molecule has 5 nitrogen and oxygen atoms in total. The van der Waals surface area contributed by atoms with E-state index in [2.05, 4.69) is 4.72 Å². The van der Waals surface area contributed by atoms with E-state index in [9.17, 15) is 8.42 Å². The lowest BCUT2D eigenvalue weighted by atomic mass is 10.2. The van der Waals surface area contributed by atoms with Crippen molar-refractivity contribution >= 4 is 27.3 Å². The Morgan fingerprint density at radius 2 is 2.12 bits per heavy atom. The maximum Gasteiger partial charge on any atom is 0.240 e. The molecule has 0 bridgehead atoms. The van der Waals surface area contributed by atoms with Gasteiger partial charge in [-0.2, -0.15) is 0 Å². The predicted molar refractivity (Wildman–Crippen MR) is 67.5 cm³/mol. The number of nitrogen functional groups attached to an aromatic ring is 1. The van der Waals surface area contributed by atoms with Gasteiger partial charge in [-0.25, -0.2) is 13.1 Å². The lowest BCUT2D eigenvalue weighted by Gasteiger charge is -2.11. The van der Waals surface area contributed by atoms with E-state index in [0.29, 0.717) is 10.6 Å². The van der Waals surface area contributed by atoms with Gasteiger partial charge in [-0.15, -0.1) is 0 Å². The number of nitrogens with one attached hydrogen (secondary N) is 1. The molecule has 17 heavy (non-hydrogen) atoms. The molecule has 0 unspecified atom stereocenters. The van der Waals surface area contributed by atoms with Crippen molar-refractivity contribution in [2.45, 2.75) is 24.8 Å². The first-order valence-corrected chi connectivity index (χ1v) is 6.83. The molecular weight excluding hydrogens is 264 g/mol. The third-order valence-electron chi connectivity index (χ3n) is 2.15. The first-order chi connectivity index (χ1) is 7.74. The molecule has 0 saturated carbocycles. The molecule has 0 radical (unpaired) electrons. The van der Waals surface area contributed by atoms with Crippen LogP contribution in [-0.2, 0) is 10.0 Å². The second-order valence-electron chi connectivity index (χ2n) is 3.84. The topological polar surface area (TPSA) is 92.4 Å². The van der Waals surface area contributed by atoms with Gasteiger partial charge in [0.15, 0.2) is 0 Å². The first kappa shape index (κ1) is 14.2. The van der Waals surface area contributed by atoms with Gasteiger partial charge in [0.25, 0.3) is 0 Å². The van der Waals surface area contributed by atoms with E-state index in [4.69, 9.17) is 22.4 Å². The van der Waals surface area contributed by atoms with Crippen LogP contribution in [0.5, 0.6) is 0 Å². The zero-order valence-corrected chi connectivity index (χ0v) is 11.1. The lowest BCUT2D eigenvalue weighted by molar-refractivity contribution is 0.198. The van der Waals surface area contributed by atoms with Gasteiger partial charge >= 0.3 is 0 Å². The van der Waals surface area contributed by atoms with Crippen molar-refractivity contribution in [3.63, 3.8) is 0 Å². The third kappa shape index (κ3) is 3.57. The van der Waals surface area contributed by atoms with Crippen molar-refractivity contribution in [3.05, 3.63) is 22.7 Å². The second kappa shape index (κ2) is 5.22. The highest BCUT2D eigenvalue weighted by molar-refractivity contribution is 7.89. The van der Waals surface area contributed by atoms with E-state index >= 15 is 0 Å². The minimum Gasteiger partial charge on any atom is -0.397 e. The third-order valence-corrected chi connectivity index (χ3v) is 4.05. The van der Waals surface area contributed by atoms with E-state index in [0.717, 1.165) is 0 Å². The van der Waals surface area contributed by atoms with E-state index < -0.39 is 16.1 Å². The van der Waals surface area contributed by atoms with Crippen molar-refractivity contribution < 1.29 is 13.5 Å². The molecule has 96 valence electrons. The summed E-state index contributed by atoms with van der Waals surface area (Å²) in [5, 5.41) is 9.37. The minimum absolute atomic E-state index is 0.0513. The van der Waals surface area contributed by atoms with Gasteiger partial charge in [0.05, 0.1) is 21.7 Å². The van der Waals surface area contributed by atoms with E-state index in [-0.39, 0.29) is 17.1 Å². The number of aliphatic hydroxyl groups excluding tert-OH is 1. The lowest BCUT2D eigenvalue weighted by Crippen LogP contribution is -2.31. The van der Waals surface area contributed by atoms with Crippen LogP contribution in [0.25, 0.3) is 0 Å². The van der Waals surface area contributed by atoms with Crippen molar-refractivity contribution in [2.24, 2.45) is 0 Å². The number of hydrogen-bond acceptors (Lipinski definition) is 4. The zero-order chi connectivity index (χ0) is 13.2. The van der Waals surface area contributed by atoms with E-state index in [1.807, 2.05) is 0 Å². The van der Waals surface area contributed by atoms with Crippen molar-refractivity contribution in [1.29, 1.82) is 0 Å². The number of rotatable bonds is 4. The van der Waals surface area contributed by atoms with Gasteiger partial charge < -0.3 is 10.8 Å². The molecule has 0 fully saturated rings. The quantitative estimate of drug-likeness (QED) is 0.713. The van der Waals surface area contributed by atoms with Crippen LogP contribution in [0.15, 0.2) is 17.0 Å². The Labute approximate surface area is 106 Å². The van der Waals surface area contributed by atoms with Crippen LogP contribution in [0.1, 0.15) is 12.5 Å². The highest BCUT2D eigenvalue weighted by atomic mass is 35.5. The zero-order valence-electron chi connectivity index (χ0n) is 9.57. The van der Waals surface area contributed by atoms with Crippen LogP contribution >= 0.6 is 11.6 Å². The predicted octanol–water partition coefficient (Wildman–Crippen LogP) is 0.890. The summed E-state index contributed by atoms with van der Waals surface area (Å²) in [4.78, 5) is 0.0695. The molecule has 0 saturated heterocycles. The molecule has 0 spiro atoms. The number of aryl methyl sites for hydroxylation is 1. The molecule has 1 rings (SSSR count). The number of hydrogen-bond donors (Lipinski definition) is 3. The van der Waals surface area contributed by atoms with Gasteiger partial charge in [0.2, 0.25) is 10.0 Å². The summed E-state index contributed by atoms with van der Waals surface area (Å²) in [6.07, 6.45) is -0.755. The standard InChI is InChI=1S/C10H15ClN2O3S/c1-6-3-8(11)9(12)4-10(6)17(15,16)13-5-7(2)14/h3-4,7,13-14H,5,12H2,1-2H3/t7-/m0/s1. The minimum atomic E-state index is -3.67. The average Bonchev–Trinajstić information content (AvgIpc) is 2.20. The normalized spacial score (nSPS) is 13.6. The molecule has 1 atom stereocenters. The van der Waals surface area contributed by atoms with Gasteiger partial charge in [-0.3, -0.25) is 0 Å². The molecule has 1 aromatic carbocycles. The molecule has 0 aliphatic heterocycles. The molecule has 0 aliphatic rings. The van der Waals surface area contributed by atoms with Crippen molar-refractivity contribution in [2.75, 3.05) is 12.3 Å². The summed E-state index contributed by atoms with van der Waals surface area (Å²) in [7, 11) is -3.67. The fourth-order valence-electron chi connectivity index (χ4n) is 1.27. The van der Waals surface area contributed by atoms with Crippen LogP contribution in [-0.4, -0.2) is 26.2 Å². The number of anilines is 1. The number of halogens is 1.